The maximum Gasteiger partial charge on any atom is 0.307 e. The molecule has 4 atom stereocenters. The second-order valence-corrected chi connectivity index (χ2v) is 6.85. The molecule has 0 radical (unpaired) electrons. The number of carboxylic acids is 1. The number of allylic oxidation sites excluding steroid dienone is 2. The number of carbonyl (C=O) groups is 2. The predicted molar refractivity (Wildman–Crippen MR) is 91.7 cm³/mol. The van der Waals surface area contributed by atoms with Crippen molar-refractivity contribution in [1.82, 2.24) is 9.78 Å². The molecule has 1 aromatic carbocycles. The lowest BCUT2D eigenvalue weighted by Crippen LogP contribution is -2.36. The van der Waals surface area contributed by atoms with Crippen LogP contribution in [0.5, 0.6) is 0 Å². The van der Waals surface area contributed by atoms with Crippen molar-refractivity contribution in [1.29, 1.82) is 0 Å². The van der Waals surface area contributed by atoms with Crippen LogP contribution in [0.2, 0.25) is 0 Å². The number of carboxylic acid groups (broad SMARTS) is 1. The number of benzene rings is 1. The minimum Gasteiger partial charge on any atom is -0.481 e. The number of amides is 1. The van der Waals surface area contributed by atoms with E-state index in [0.29, 0.717) is 18.8 Å². The van der Waals surface area contributed by atoms with E-state index in [1.54, 1.807) is 29.1 Å². The molecule has 2 aliphatic carbocycles. The molecule has 26 heavy (non-hydrogen) atoms. The number of carbonyl (C=O) groups excluding carboxylic acids is 1. The Hall–Kier alpha value is -2.96. The van der Waals surface area contributed by atoms with Crippen LogP contribution < -0.4 is 5.32 Å². The van der Waals surface area contributed by atoms with E-state index in [4.69, 9.17) is 0 Å². The topological polar surface area (TPSA) is 84.2 Å². The highest BCUT2D eigenvalue weighted by atomic mass is 19.1. The van der Waals surface area contributed by atoms with Gasteiger partial charge < -0.3 is 10.4 Å². The van der Waals surface area contributed by atoms with Crippen LogP contribution in [0.25, 0.3) is 0 Å². The molecular formula is C19H18FN3O3. The van der Waals surface area contributed by atoms with Gasteiger partial charge in [0.2, 0.25) is 5.91 Å². The largest absolute Gasteiger partial charge is 0.481 e. The molecule has 134 valence electrons. The van der Waals surface area contributed by atoms with Crippen LogP contribution in [-0.4, -0.2) is 26.8 Å². The molecule has 1 heterocycles. The zero-order chi connectivity index (χ0) is 18.3. The van der Waals surface area contributed by atoms with Gasteiger partial charge in [-0.2, -0.15) is 5.10 Å². The number of aliphatic carboxylic acids is 1. The highest BCUT2D eigenvalue weighted by Gasteiger charge is 2.51. The summed E-state index contributed by atoms with van der Waals surface area (Å²) in [7, 11) is 0. The van der Waals surface area contributed by atoms with E-state index >= 15 is 0 Å². The normalized spacial score (nSPS) is 26.2. The first kappa shape index (κ1) is 16.5. The molecule has 2 bridgehead atoms. The van der Waals surface area contributed by atoms with E-state index in [1.807, 2.05) is 12.2 Å². The van der Waals surface area contributed by atoms with E-state index in [9.17, 15) is 19.1 Å². The molecule has 0 saturated heterocycles. The van der Waals surface area contributed by atoms with Crippen molar-refractivity contribution in [3.8, 4) is 0 Å². The van der Waals surface area contributed by atoms with E-state index in [2.05, 4.69) is 10.4 Å². The molecule has 1 amide bonds. The van der Waals surface area contributed by atoms with Crippen LogP contribution >= 0.6 is 0 Å². The van der Waals surface area contributed by atoms with Gasteiger partial charge in [0.25, 0.3) is 0 Å². The number of anilines is 1. The molecule has 4 rings (SSSR count). The first-order valence-corrected chi connectivity index (χ1v) is 8.51. The summed E-state index contributed by atoms with van der Waals surface area (Å²) in [6.45, 7) is 0.449. The van der Waals surface area contributed by atoms with Crippen LogP contribution in [0.4, 0.5) is 10.2 Å². The molecule has 0 spiro atoms. The quantitative estimate of drug-likeness (QED) is 0.807. The summed E-state index contributed by atoms with van der Waals surface area (Å²) < 4.78 is 14.6. The molecule has 6 nitrogen and oxygen atoms in total. The Balaban J connectivity index is 1.44. The average Bonchev–Trinajstić information content (AvgIpc) is 3.32. The predicted octanol–water partition coefficient (Wildman–Crippen LogP) is 2.53. The van der Waals surface area contributed by atoms with Crippen molar-refractivity contribution in [2.75, 3.05) is 5.32 Å². The Morgan fingerprint density at radius 3 is 2.54 bits per heavy atom. The number of aromatic nitrogens is 2. The van der Waals surface area contributed by atoms with Crippen molar-refractivity contribution in [3.63, 3.8) is 0 Å². The first-order valence-electron chi connectivity index (χ1n) is 8.51. The molecule has 2 aromatic rings. The Bertz CT molecular complexity index is 874. The second-order valence-electron chi connectivity index (χ2n) is 6.85. The number of halogens is 1. The van der Waals surface area contributed by atoms with Crippen LogP contribution in [0.15, 0.2) is 48.7 Å². The van der Waals surface area contributed by atoms with Gasteiger partial charge in [-0.3, -0.25) is 14.3 Å². The number of nitrogens with zero attached hydrogens (tertiary/aromatic N) is 2. The fraction of sp³-hybridized carbons (Fsp3) is 0.316. The van der Waals surface area contributed by atoms with Crippen LogP contribution in [0.1, 0.15) is 12.0 Å². The van der Waals surface area contributed by atoms with Gasteiger partial charge in [0, 0.05) is 12.3 Å². The summed E-state index contributed by atoms with van der Waals surface area (Å²) in [5.41, 5.74) is 0.886. The molecule has 1 aromatic heterocycles. The fourth-order valence-corrected chi connectivity index (χ4v) is 4.02. The number of hydrogen-bond donors (Lipinski definition) is 2. The fourth-order valence-electron chi connectivity index (χ4n) is 4.02. The molecule has 2 N–H and O–H groups in total. The van der Waals surface area contributed by atoms with Gasteiger partial charge in [-0.1, -0.05) is 24.3 Å². The standard InChI is InChI=1S/C19H18FN3O3/c20-14-5-1-11(2-6-14)10-23-8-7-15(22-23)21-18(24)16-12-3-4-13(9-12)17(16)19(25)26/h1-8,12-13,16-17H,9-10H2,(H,25,26)(H,21,22,24)/t12-,13+,16-,17+/m1/s1. The molecule has 1 saturated carbocycles. The van der Waals surface area contributed by atoms with Gasteiger partial charge in [0.15, 0.2) is 5.82 Å². The van der Waals surface area contributed by atoms with Crippen LogP contribution in [0.3, 0.4) is 0 Å². The lowest BCUT2D eigenvalue weighted by molar-refractivity contribution is -0.146. The summed E-state index contributed by atoms with van der Waals surface area (Å²) in [6, 6.07) is 7.79. The van der Waals surface area contributed by atoms with Crippen LogP contribution in [-0.2, 0) is 16.1 Å². The van der Waals surface area contributed by atoms with Crippen molar-refractivity contribution < 1.29 is 19.1 Å². The van der Waals surface area contributed by atoms with Crippen molar-refractivity contribution in [2.45, 2.75) is 13.0 Å². The van der Waals surface area contributed by atoms with Crippen molar-refractivity contribution in [3.05, 3.63) is 60.1 Å². The summed E-state index contributed by atoms with van der Waals surface area (Å²) in [4.78, 5) is 24.2. The highest BCUT2D eigenvalue weighted by Crippen LogP contribution is 2.48. The number of hydrogen-bond acceptors (Lipinski definition) is 3. The molecule has 0 aliphatic heterocycles. The van der Waals surface area contributed by atoms with Gasteiger partial charge >= 0.3 is 5.97 Å². The number of rotatable bonds is 5. The number of fused-ring (bicyclic) bond motifs is 2. The summed E-state index contributed by atoms with van der Waals surface area (Å²) in [5, 5.41) is 16.5. The third kappa shape index (κ3) is 3.00. The first-order chi connectivity index (χ1) is 12.5. The van der Waals surface area contributed by atoms with Gasteiger partial charge in [-0.25, -0.2) is 4.39 Å². The van der Waals surface area contributed by atoms with Gasteiger partial charge in [0.1, 0.15) is 5.82 Å². The Kier molecular flexibility index (Phi) is 4.06. The summed E-state index contributed by atoms with van der Waals surface area (Å²) >= 11 is 0. The zero-order valence-electron chi connectivity index (χ0n) is 13.9. The summed E-state index contributed by atoms with van der Waals surface area (Å²) in [5.74, 6) is -2.48. The van der Waals surface area contributed by atoms with Crippen molar-refractivity contribution in [2.24, 2.45) is 23.7 Å². The van der Waals surface area contributed by atoms with E-state index < -0.39 is 17.8 Å². The lowest BCUT2D eigenvalue weighted by Gasteiger charge is -2.23. The minimum absolute atomic E-state index is 0.0256. The minimum atomic E-state index is -0.927. The molecule has 1 fully saturated rings. The summed E-state index contributed by atoms with van der Waals surface area (Å²) in [6.07, 6.45) is 6.29. The maximum absolute atomic E-state index is 13.0. The van der Waals surface area contributed by atoms with Gasteiger partial charge in [-0.05, 0) is 36.0 Å². The lowest BCUT2D eigenvalue weighted by atomic mass is 9.82. The maximum atomic E-state index is 13.0. The molecule has 2 aliphatic rings. The monoisotopic (exact) mass is 355 g/mol. The smallest absolute Gasteiger partial charge is 0.307 e. The molecule has 0 unspecified atom stereocenters. The van der Waals surface area contributed by atoms with Gasteiger partial charge in [-0.15, -0.1) is 0 Å². The third-order valence-corrected chi connectivity index (χ3v) is 5.20. The van der Waals surface area contributed by atoms with E-state index in [-0.39, 0.29) is 23.6 Å². The molecular weight excluding hydrogens is 337 g/mol. The Morgan fingerprint density at radius 1 is 1.15 bits per heavy atom. The molecule has 7 heteroatoms. The van der Waals surface area contributed by atoms with Crippen molar-refractivity contribution >= 4 is 17.7 Å². The van der Waals surface area contributed by atoms with E-state index in [1.165, 1.54) is 12.1 Å². The Labute approximate surface area is 149 Å². The number of nitrogens with one attached hydrogen (secondary N) is 1. The third-order valence-electron chi connectivity index (χ3n) is 5.20. The van der Waals surface area contributed by atoms with E-state index in [0.717, 1.165) is 5.56 Å². The second kappa shape index (κ2) is 6.40. The highest BCUT2D eigenvalue weighted by molar-refractivity contribution is 5.95. The SMILES string of the molecule is O=C(O)[C@@H]1[C@H](C(=O)Nc2ccn(Cc3ccc(F)cc3)n2)[C@@H]2C=C[C@H]1C2. The van der Waals surface area contributed by atoms with Gasteiger partial charge in [0.05, 0.1) is 18.4 Å². The average molecular weight is 355 g/mol. The zero-order valence-corrected chi connectivity index (χ0v) is 13.9. The van der Waals surface area contributed by atoms with Crippen LogP contribution in [0, 0.1) is 29.5 Å². The Morgan fingerprint density at radius 2 is 1.85 bits per heavy atom.